The van der Waals surface area contributed by atoms with E-state index in [1.165, 1.54) is 12.4 Å². The molecule has 0 saturated carbocycles. The SMILES string of the molecule is CCOc1cc(CN2CCC(Nc3ncc(C(=O)O)cn3)CC2)cc(OCC)c1Cl. The fraction of sp³-hybridized carbons (Fsp3) is 0.476. The Bertz CT molecular complexity index is 828. The van der Waals surface area contributed by atoms with Crippen molar-refractivity contribution in [1.29, 1.82) is 0 Å². The van der Waals surface area contributed by atoms with Crippen LogP contribution in [0, 0.1) is 0 Å². The number of carbonyl (C=O) groups is 1. The molecule has 2 N–H and O–H groups in total. The molecule has 0 unspecified atom stereocenters. The van der Waals surface area contributed by atoms with Gasteiger partial charge in [-0.15, -0.1) is 0 Å². The Morgan fingerprint density at radius 3 is 2.23 bits per heavy atom. The third-order valence-corrected chi connectivity index (χ3v) is 5.26. The molecule has 1 aliphatic rings. The molecule has 8 nitrogen and oxygen atoms in total. The number of halogens is 1. The van der Waals surface area contributed by atoms with Gasteiger partial charge in [-0.1, -0.05) is 11.6 Å². The average Bonchev–Trinajstić information content (AvgIpc) is 2.73. The van der Waals surface area contributed by atoms with E-state index in [-0.39, 0.29) is 11.6 Å². The maximum atomic E-state index is 10.9. The molecule has 0 amide bonds. The topological polar surface area (TPSA) is 96.8 Å². The van der Waals surface area contributed by atoms with Crippen LogP contribution in [0.1, 0.15) is 42.6 Å². The highest BCUT2D eigenvalue weighted by Crippen LogP contribution is 2.36. The highest BCUT2D eigenvalue weighted by Gasteiger charge is 2.21. The summed E-state index contributed by atoms with van der Waals surface area (Å²) >= 11 is 6.39. The molecule has 0 bridgehead atoms. The molecular formula is C21H27ClN4O4. The summed E-state index contributed by atoms with van der Waals surface area (Å²) in [6.45, 7) is 7.57. The first-order valence-corrected chi connectivity index (χ1v) is 10.5. The third kappa shape index (κ3) is 5.73. The van der Waals surface area contributed by atoms with Gasteiger partial charge in [0.05, 0.1) is 18.8 Å². The second-order valence-corrected chi connectivity index (χ2v) is 7.45. The number of likely N-dealkylation sites (tertiary alicyclic amines) is 1. The van der Waals surface area contributed by atoms with E-state index < -0.39 is 5.97 Å². The molecular weight excluding hydrogens is 408 g/mol. The van der Waals surface area contributed by atoms with E-state index in [2.05, 4.69) is 20.2 Å². The standard InChI is InChI=1S/C21H27ClN4O4/c1-3-29-17-9-14(10-18(19(17)22)30-4-2)13-26-7-5-16(6-8-26)25-21-23-11-15(12-24-21)20(27)28/h9-12,16H,3-8,13H2,1-2H3,(H,27,28)(H,23,24,25). The van der Waals surface area contributed by atoms with Gasteiger partial charge in [0.25, 0.3) is 0 Å². The molecule has 3 rings (SSSR count). The summed E-state index contributed by atoms with van der Waals surface area (Å²) < 4.78 is 11.3. The largest absolute Gasteiger partial charge is 0.492 e. The summed E-state index contributed by atoms with van der Waals surface area (Å²) in [7, 11) is 0. The van der Waals surface area contributed by atoms with Gasteiger partial charge in [0.2, 0.25) is 5.95 Å². The number of aromatic nitrogens is 2. The highest BCUT2D eigenvalue weighted by molar-refractivity contribution is 6.33. The van der Waals surface area contributed by atoms with Crippen molar-refractivity contribution in [2.45, 2.75) is 39.3 Å². The third-order valence-electron chi connectivity index (χ3n) is 4.89. The number of anilines is 1. The lowest BCUT2D eigenvalue weighted by molar-refractivity contribution is 0.0696. The molecule has 1 aliphatic heterocycles. The van der Waals surface area contributed by atoms with E-state index in [9.17, 15) is 4.79 Å². The van der Waals surface area contributed by atoms with Crippen LogP contribution in [0.15, 0.2) is 24.5 Å². The van der Waals surface area contributed by atoms with Crippen LogP contribution >= 0.6 is 11.6 Å². The molecule has 0 spiro atoms. The number of carboxylic acid groups (broad SMARTS) is 1. The van der Waals surface area contributed by atoms with Crippen LogP contribution in [0.2, 0.25) is 5.02 Å². The van der Waals surface area contributed by atoms with Crippen molar-refractivity contribution in [2.24, 2.45) is 0 Å². The fourth-order valence-electron chi connectivity index (χ4n) is 3.43. The molecule has 0 radical (unpaired) electrons. The van der Waals surface area contributed by atoms with Gasteiger partial charge in [0.15, 0.2) is 0 Å². The van der Waals surface area contributed by atoms with E-state index in [1.54, 1.807) is 0 Å². The van der Waals surface area contributed by atoms with E-state index in [0.29, 0.717) is 35.7 Å². The lowest BCUT2D eigenvalue weighted by Crippen LogP contribution is -2.39. The van der Waals surface area contributed by atoms with Crippen molar-refractivity contribution in [3.8, 4) is 11.5 Å². The first kappa shape index (κ1) is 22.1. The maximum Gasteiger partial charge on any atom is 0.338 e. The zero-order chi connectivity index (χ0) is 21.5. The number of piperidine rings is 1. The number of hydrogen-bond donors (Lipinski definition) is 2. The molecule has 162 valence electrons. The van der Waals surface area contributed by atoms with E-state index in [1.807, 2.05) is 26.0 Å². The summed E-state index contributed by atoms with van der Waals surface area (Å²) in [6, 6.07) is 4.22. The number of benzene rings is 1. The molecule has 0 aliphatic carbocycles. The van der Waals surface area contributed by atoms with Gasteiger partial charge in [-0.3, -0.25) is 4.90 Å². The Morgan fingerprint density at radius 1 is 1.17 bits per heavy atom. The van der Waals surface area contributed by atoms with Crippen molar-refractivity contribution in [2.75, 3.05) is 31.6 Å². The Kier molecular flexibility index (Phi) is 7.70. The van der Waals surface area contributed by atoms with E-state index >= 15 is 0 Å². The van der Waals surface area contributed by atoms with Crippen LogP contribution < -0.4 is 14.8 Å². The van der Waals surface area contributed by atoms with Gasteiger partial charge < -0.3 is 19.9 Å². The van der Waals surface area contributed by atoms with E-state index in [0.717, 1.165) is 38.0 Å². The summed E-state index contributed by atoms with van der Waals surface area (Å²) in [4.78, 5) is 21.4. The molecule has 1 fully saturated rings. The smallest absolute Gasteiger partial charge is 0.338 e. The zero-order valence-electron chi connectivity index (χ0n) is 17.2. The number of ether oxygens (including phenoxy) is 2. The number of nitrogens with zero attached hydrogens (tertiary/aromatic N) is 3. The second-order valence-electron chi connectivity index (χ2n) is 7.07. The van der Waals surface area contributed by atoms with E-state index in [4.69, 9.17) is 26.2 Å². The number of nitrogens with one attached hydrogen (secondary N) is 1. The molecule has 9 heteroatoms. The summed E-state index contributed by atoms with van der Waals surface area (Å²) in [5.74, 6) is 0.730. The fourth-order valence-corrected chi connectivity index (χ4v) is 3.65. The van der Waals surface area contributed by atoms with Gasteiger partial charge in [0.1, 0.15) is 16.5 Å². The Balaban J connectivity index is 1.57. The van der Waals surface area contributed by atoms with Gasteiger partial charge in [0, 0.05) is 38.1 Å². The molecule has 0 atom stereocenters. The lowest BCUT2D eigenvalue weighted by atomic mass is 10.0. The molecule has 1 aromatic heterocycles. The van der Waals surface area contributed by atoms with Crippen LogP contribution in [0.3, 0.4) is 0 Å². The van der Waals surface area contributed by atoms with Crippen molar-refractivity contribution >= 4 is 23.5 Å². The average molecular weight is 435 g/mol. The summed E-state index contributed by atoms with van der Waals surface area (Å²) in [5, 5.41) is 12.7. The van der Waals surface area contributed by atoms with Crippen LogP contribution in [0.4, 0.5) is 5.95 Å². The quantitative estimate of drug-likeness (QED) is 0.616. The molecule has 1 saturated heterocycles. The predicted octanol–water partition coefficient (Wildman–Crippen LogP) is 3.70. The second kappa shape index (κ2) is 10.4. The maximum absolute atomic E-state index is 10.9. The Morgan fingerprint density at radius 2 is 1.73 bits per heavy atom. The van der Waals surface area contributed by atoms with Crippen LogP contribution in [0.5, 0.6) is 11.5 Å². The monoisotopic (exact) mass is 434 g/mol. The van der Waals surface area contributed by atoms with Crippen molar-refractivity contribution < 1.29 is 19.4 Å². The number of hydrogen-bond acceptors (Lipinski definition) is 7. The van der Waals surface area contributed by atoms with Gasteiger partial charge in [-0.25, -0.2) is 14.8 Å². The number of aromatic carboxylic acids is 1. The van der Waals surface area contributed by atoms with Crippen LogP contribution in [-0.2, 0) is 6.54 Å². The molecule has 1 aromatic carbocycles. The van der Waals surface area contributed by atoms with Crippen molar-refractivity contribution in [3.63, 3.8) is 0 Å². The van der Waals surface area contributed by atoms with Gasteiger partial charge in [-0.2, -0.15) is 0 Å². The predicted molar refractivity (Wildman–Crippen MR) is 115 cm³/mol. The summed E-state index contributed by atoms with van der Waals surface area (Å²) in [6.07, 6.45) is 4.51. The van der Waals surface area contributed by atoms with Crippen molar-refractivity contribution in [3.05, 3.63) is 40.7 Å². The minimum absolute atomic E-state index is 0.0798. The van der Waals surface area contributed by atoms with Crippen molar-refractivity contribution in [1.82, 2.24) is 14.9 Å². The number of rotatable bonds is 9. The van der Waals surface area contributed by atoms with Gasteiger partial charge >= 0.3 is 5.97 Å². The lowest BCUT2D eigenvalue weighted by Gasteiger charge is -2.32. The zero-order valence-corrected chi connectivity index (χ0v) is 18.0. The summed E-state index contributed by atoms with van der Waals surface area (Å²) in [5.41, 5.74) is 1.18. The molecule has 30 heavy (non-hydrogen) atoms. The minimum atomic E-state index is -1.03. The Hall–Kier alpha value is -2.58. The van der Waals surface area contributed by atoms with Crippen LogP contribution in [0.25, 0.3) is 0 Å². The number of carboxylic acids is 1. The normalized spacial score (nSPS) is 15.0. The molecule has 2 heterocycles. The highest BCUT2D eigenvalue weighted by atomic mass is 35.5. The first-order chi connectivity index (χ1) is 14.5. The first-order valence-electron chi connectivity index (χ1n) is 10.1. The Labute approximate surface area is 181 Å². The van der Waals surface area contributed by atoms with Crippen LogP contribution in [-0.4, -0.2) is 58.3 Å². The molecule has 2 aromatic rings. The van der Waals surface area contributed by atoms with Gasteiger partial charge in [-0.05, 0) is 44.4 Å². The minimum Gasteiger partial charge on any atom is -0.492 e.